The lowest BCUT2D eigenvalue weighted by molar-refractivity contribution is 0.0591. The summed E-state index contributed by atoms with van der Waals surface area (Å²) >= 11 is 0. The van der Waals surface area contributed by atoms with E-state index in [0.29, 0.717) is 11.9 Å². The molecule has 1 saturated heterocycles. The zero-order chi connectivity index (χ0) is 10.7. The quantitative estimate of drug-likeness (QED) is 0.593. The molecule has 84 valence electrons. The molecule has 2 aliphatic rings. The molecule has 2 rings (SSSR count). The lowest BCUT2D eigenvalue weighted by Gasteiger charge is -2.31. The van der Waals surface area contributed by atoms with Gasteiger partial charge in [0.15, 0.2) is 5.96 Å². The van der Waals surface area contributed by atoms with Crippen molar-refractivity contribution < 1.29 is 4.74 Å². The molecule has 0 aliphatic carbocycles. The minimum absolute atomic E-state index is 0.395. The van der Waals surface area contributed by atoms with Crippen molar-refractivity contribution in [1.29, 1.82) is 0 Å². The molecule has 0 radical (unpaired) electrons. The molecule has 15 heavy (non-hydrogen) atoms. The van der Waals surface area contributed by atoms with Gasteiger partial charge in [-0.1, -0.05) is 0 Å². The van der Waals surface area contributed by atoms with Crippen LogP contribution in [0.3, 0.4) is 0 Å². The zero-order valence-corrected chi connectivity index (χ0v) is 8.78. The first-order chi connectivity index (χ1) is 7.18. The second-order valence-electron chi connectivity index (χ2n) is 4.23. The van der Waals surface area contributed by atoms with E-state index in [-0.39, 0.29) is 0 Å². The lowest BCUT2D eigenvalue weighted by Crippen LogP contribution is -2.46. The van der Waals surface area contributed by atoms with Crippen LogP contribution >= 0.6 is 0 Å². The van der Waals surface area contributed by atoms with Crippen LogP contribution in [0.2, 0.25) is 0 Å². The van der Waals surface area contributed by atoms with Crippen molar-refractivity contribution in [2.45, 2.75) is 24.9 Å². The number of nitrogens with one attached hydrogen (secondary N) is 1. The molecule has 0 spiro atoms. The van der Waals surface area contributed by atoms with Crippen LogP contribution in [-0.2, 0) is 4.74 Å². The normalized spacial score (nSPS) is 32.2. The van der Waals surface area contributed by atoms with Crippen molar-refractivity contribution in [2.75, 3.05) is 13.2 Å². The third kappa shape index (κ3) is 2.70. The maximum absolute atomic E-state index is 6.15. The number of aliphatic imine (C=N–C) groups is 1. The molecule has 0 aromatic rings. The molecule has 0 amide bonds. The molecular formula is C10H18N4O. The SMILES string of the molecule is NC1=NC(N)(CC2CCOCC2)C=CN1. The molecule has 0 aromatic heterocycles. The van der Waals surface area contributed by atoms with Crippen LogP contribution in [0.5, 0.6) is 0 Å². The number of rotatable bonds is 2. The molecule has 5 heteroatoms. The molecule has 1 fully saturated rings. The van der Waals surface area contributed by atoms with Gasteiger partial charge in [-0.15, -0.1) is 0 Å². The largest absolute Gasteiger partial charge is 0.381 e. The predicted molar refractivity (Wildman–Crippen MR) is 59.0 cm³/mol. The molecule has 0 saturated carbocycles. The molecule has 1 atom stereocenters. The highest BCUT2D eigenvalue weighted by Crippen LogP contribution is 2.26. The minimum Gasteiger partial charge on any atom is -0.381 e. The van der Waals surface area contributed by atoms with Crippen molar-refractivity contribution >= 4 is 5.96 Å². The molecule has 0 bridgehead atoms. The number of nitrogens with two attached hydrogens (primary N) is 2. The highest BCUT2D eigenvalue weighted by molar-refractivity contribution is 5.80. The average molecular weight is 210 g/mol. The molecule has 5 nitrogen and oxygen atoms in total. The Morgan fingerprint density at radius 2 is 2.27 bits per heavy atom. The first kappa shape index (κ1) is 10.4. The van der Waals surface area contributed by atoms with Gasteiger partial charge >= 0.3 is 0 Å². The summed E-state index contributed by atoms with van der Waals surface area (Å²) in [6, 6.07) is 0. The van der Waals surface area contributed by atoms with Crippen LogP contribution in [0, 0.1) is 5.92 Å². The zero-order valence-electron chi connectivity index (χ0n) is 8.78. The van der Waals surface area contributed by atoms with Crippen LogP contribution in [0.1, 0.15) is 19.3 Å². The van der Waals surface area contributed by atoms with E-state index < -0.39 is 5.66 Å². The van der Waals surface area contributed by atoms with E-state index in [9.17, 15) is 0 Å². The maximum Gasteiger partial charge on any atom is 0.194 e. The summed E-state index contributed by atoms with van der Waals surface area (Å²) in [6.45, 7) is 1.67. The van der Waals surface area contributed by atoms with Gasteiger partial charge < -0.3 is 21.5 Å². The van der Waals surface area contributed by atoms with Crippen molar-refractivity contribution in [3.63, 3.8) is 0 Å². The molecular weight excluding hydrogens is 192 g/mol. The molecule has 1 unspecified atom stereocenters. The Bertz CT molecular complexity index is 283. The van der Waals surface area contributed by atoms with E-state index in [4.69, 9.17) is 16.2 Å². The third-order valence-electron chi connectivity index (χ3n) is 2.89. The van der Waals surface area contributed by atoms with E-state index in [1.54, 1.807) is 6.20 Å². The lowest BCUT2D eigenvalue weighted by atomic mass is 9.89. The van der Waals surface area contributed by atoms with E-state index in [1.807, 2.05) is 6.08 Å². The molecule has 0 aromatic carbocycles. The third-order valence-corrected chi connectivity index (χ3v) is 2.89. The van der Waals surface area contributed by atoms with Gasteiger partial charge in [0.1, 0.15) is 5.66 Å². The first-order valence-corrected chi connectivity index (χ1v) is 5.34. The Kier molecular flexibility index (Phi) is 2.93. The van der Waals surface area contributed by atoms with Gasteiger partial charge in [-0.3, -0.25) is 0 Å². The molecule has 2 aliphatic heterocycles. The Morgan fingerprint density at radius 3 is 2.93 bits per heavy atom. The Hall–Kier alpha value is -1.07. The van der Waals surface area contributed by atoms with Gasteiger partial charge in [0.25, 0.3) is 0 Å². The van der Waals surface area contributed by atoms with E-state index in [1.165, 1.54) is 0 Å². The fraction of sp³-hybridized carbons (Fsp3) is 0.700. The fourth-order valence-electron chi connectivity index (χ4n) is 2.09. The van der Waals surface area contributed by atoms with Crippen molar-refractivity contribution in [3.05, 3.63) is 12.3 Å². The number of guanidine groups is 1. The van der Waals surface area contributed by atoms with E-state index in [2.05, 4.69) is 10.3 Å². The Labute approximate surface area is 89.6 Å². The summed E-state index contributed by atoms with van der Waals surface area (Å²) in [7, 11) is 0. The smallest absolute Gasteiger partial charge is 0.194 e. The predicted octanol–water partition coefficient (Wildman–Crippen LogP) is -0.110. The van der Waals surface area contributed by atoms with Crippen LogP contribution < -0.4 is 16.8 Å². The van der Waals surface area contributed by atoms with Gasteiger partial charge in [-0.2, -0.15) is 0 Å². The van der Waals surface area contributed by atoms with E-state index >= 15 is 0 Å². The second-order valence-corrected chi connectivity index (χ2v) is 4.23. The van der Waals surface area contributed by atoms with Crippen LogP contribution in [-0.4, -0.2) is 24.8 Å². The van der Waals surface area contributed by atoms with Gasteiger partial charge in [0.05, 0.1) is 0 Å². The molecule has 2 heterocycles. The first-order valence-electron chi connectivity index (χ1n) is 5.34. The maximum atomic E-state index is 6.15. The summed E-state index contributed by atoms with van der Waals surface area (Å²) in [5.74, 6) is 0.982. The van der Waals surface area contributed by atoms with Gasteiger partial charge in [0, 0.05) is 19.4 Å². The van der Waals surface area contributed by atoms with Crippen LogP contribution in [0.25, 0.3) is 0 Å². The summed E-state index contributed by atoms with van der Waals surface area (Å²) < 4.78 is 5.31. The summed E-state index contributed by atoms with van der Waals surface area (Å²) in [4.78, 5) is 4.24. The number of ether oxygens (including phenoxy) is 1. The molecule has 5 N–H and O–H groups in total. The van der Waals surface area contributed by atoms with Crippen molar-refractivity contribution in [1.82, 2.24) is 5.32 Å². The highest BCUT2D eigenvalue weighted by atomic mass is 16.5. The number of hydrogen-bond donors (Lipinski definition) is 3. The second kappa shape index (κ2) is 4.20. The highest BCUT2D eigenvalue weighted by Gasteiger charge is 2.28. The number of nitrogens with zero attached hydrogens (tertiary/aromatic N) is 1. The minimum atomic E-state index is -0.628. The fourth-order valence-corrected chi connectivity index (χ4v) is 2.09. The number of hydrogen-bond acceptors (Lipinski definition) is 5. The average Bonchev–Trinajstić information content (AvgIpc) is 2.18. The Morgan fingerprint density at radius 1 is 1.53 bits per heavy atom. The van der Waals surface area contributed by atoms with Gasteiger partial charge in [-0.05, 0) is 31.3 Å². The summed E-state index contributed by atoms with van der Waals surface area (Å²) in [5, 5.41) is 2.82. The van der Waals surface area contributed by atoms with E-state index in [0.717, 1.165) is 32.5 Å². The summed E-state index contributed by atoms with van der Waals surface area (Å²) in [5.41, 5.74) is 11.1. The Balaban J connectivity index is 1.97. The standard InChI is InChI=1S/C10H18N4O/c11-9-13-4-3-10(12,14-9)7-8-1-5-15-6-2-8/h3-4,8H,1-2,5-7,12H2,(H3,11,13,14). The van der Waals surface area contributed by atoms with Crippen LogP contribution in [0.15, 0.2) is 17.3 Å². The van der Waals surface area contributed by atoms with Crippen LogP contribution in [0.4, 0.5) is 0 Å². The van der Waals surface area contributed by atoms with Gasteiger partial charge in [0.2, 0.25) is 0 Å². The van der Waals surface area contributed by atoms with Crippen molar-refractivity contribution in [2.24, 2.45) is 22.4 Å². The topological polar surface area (TPSA) is 85.7 Å². The summed E-state index contributed by atoms with van der Waals surface area (Å²) in [6.07, 6.45) is 6.61. The monoisotopic (exact) mass is 210 g/mol. The van der Waals surface area contributed by atoms with Gasteiger partial charge in [-0.25, -0.2) is 4.99 Å². The van der Waals surface area contributed by atoms with Crippen molar-refractivity contribution in [3.8, 4) is 0 Å².